The first-order valence-electron chi connectivity index (χ1n) is 12.5. The van der Waals surface area contributed by atoms with Crippen LogP contribution in [0, 0.1) is 12.7 Å². The zero-order chi connectivity index (χ0) is 27.7. The molecule has 7 nitrogen and oxygen atoms in total. The summed E-state index contributed by atoms with van der Waals surface area (Å²) in [7, 11) is -4.02. The molecule has 1 N–H and O–H groups in total. The molecule has 0 aliphatic heterocycles. The molecule has 0 fully saturated rings. The topological polar surface area (TPSA) is 86.8 Å². The maximum absolute atomic E-state index is 14.6. The van der Waals surface area contributed by atoms with E-state index < -0.39 is 34.3 Å². The molecule has 38 heavy (non-hydrogen) atoms. The summed E-state index contributed by atoms with van der Waals surface area (Å²) in [5, 5.41) is 2.89. The van der Waals surface area contributed by atoms with E-state index >= 15 is 0 Å². The van der Waals surface area contributed by atoms with Crippen molar-refractivity contribution < 1.29 is 22.4 Å². The number of amides is 2. The summed E-state index contributed by atoms with van der Waals surface area (Å²) in [5.41, 5.74) is 2.36. The van der Waals surface area contributed by atoms with Crippen LogP contribution in [0.2, 0.25) is 0 Å². The van der Waals surface area contributed by atoms with Gasteiger partial charge in [0.05, 0.1) is 11.9 Å². The number of carbonyl (C=O) groups excluding carboxylic acids is 2. The van der Waals surface area contributed by atoms with E-state index in [4.69, 9.17) is 0 Å². The van der Waals surface area contributed by atoms with Gasteiger partial charge in [-0.15, -0.1) is 0 Å². The third-order valence-corrected chi connectivity index (χ3v) is 7.35. The number of anilines is 1. The highest BCUT2D eigenvalue weighted by Gasteiger charge is 2.33. The van der Waals surface area contributed by atoms with Gasteiger partial charge in [-0.25, -0.2) is 12.8 Å². The Labute approximate surface area is 224 Å². The van der Waals surface area contributed by atoms with Gasteiger partial charge in [0.1, 0.15) is 18.4 Å². The number of halogens is 1. The minimum atomic E-state index is -4.02. The number of carbonyl (C=O) groups is 2. The highest BCUT2D eigenvalue weighted by molar-refractivity contribution is 7.92. The van der Waals surface area contributed by atoms with Gasteiger partial charge in [-0.2, -0.15) is 0 Å². The van der Waals surface area contributed by atoms with Crippen molar-refractivity contribution in [3.63, 3.8) is 0 Å². The van der Waals surface area contributed by atoms with Crippen molar-refractivity contribution in [3.05, 3.63) is 101 Å². The van der Waals surface area contributed by atoms with E-state index in [0.717, 1.165) is 33.3 Å². The average Bonchev–Trinajstić information content (AvgIpc) is 2.89. The Morgan fingerprint density at radius 1 is 0.947 bits per heavy atom. The Balaban J connectivity index is 2.06. The quantitative estimate of drug-likeness (QED) is 0.376. The summed E-state index contributed by atoms with van der Waals surface area (Å²) in [5.74, 6) is -1.72. The number of benzene rings is 3. The minimum Gasteiger partial charge on any atom is -0.354 e. The number of aryl methyl sites for hydroxylation is 1. The van der Waals surface area contributed by atoms with E-state index in [1.54, 1.807) is 0 Å². The van der Waals surface area contributed by atoms with Gasteiger partial charge < -0.3 is 10.2 Å². The van der Waals surface area contributed by atoms with Crippen molar-refractivity contribution in [1.29, 1.82) is 0 Å². The van der Waals surface area contributed by atoms with Crippen molar-refractivity contribution in [3.8, 4) is 0 Å². The fraction of sp³-hybridized carbons (Fsp3) is 0.310. The molecular formula is C29H34FN3O4S. The van der Waals surface area contributed by atoms with Crippen LogP contribution in [-0.2, 0) is 32.6 Å². The first-order chi connectivity index (χ1) is 18.1. The Kier molecular flexibility index (Phi) is 10.0. The van der Waals surface area contributed by atoms with Crippen molar-refractivity contribution in [2.75, 3.05) is 23.7 Å². The van der Waals surface area contributed by atoms with Crippen LogP contribution < -0.4 is 9.62 Å². The molecule has 1 atom stereocenters. The lowest BCUT2D eigenvalue weighted by Crippen LogP contribution is -2.53. The number of nitrogens with one attached hydrogen (secondary N) is 1. The number of rotatable bonds is 12. The molecule has 3 aromatic carbocycles. The Morgan fingerprint density at radius 2 is 1.58 bits per heavy atom. The second-order valence-corrected chi connectivity index (χ2v) is 11.1. The molecule has 0 saturated carbocycles. The second kappa shape index (κ2) is 13.2. The van der Waals surface area contributed by atoms with Crippen LogP contribution in [-0.4, -0.2) is 50.5 Å². The maximum Gasteiger partial charge on any atom is 0.244 e. The number of nitrogens with zero attached hydrogens (tertiary/aromatic N) is 2. The van der Waals surface area contributed by atoms with E-state index in [1.807, 2.05) is 68.4 Å². The fourth-order valence-electron chi connectivity index (χ4n) is 4.14. The molecule has 0 aliphatic rings. The lowest BCUT2D eigenvalue weighted by Gasteiger charge is -2.34. The molecule has 0 aliphatic carbocycles. The van der Waals surface area contributed by atoms with E-state index in [9.17, 15) is 22.4 Å². The monoisotopic (exact) mass is 539 g/mol. The highest BCUT2D eigenvalue weighted by Crippen LogP contribution is 2.23. The van der Waals surface area contributed by atoms with Crippen LogP contribution in [0.3, 0.4) is 0 Å². The zero-order valence-corrected chi connectivity index (χ0v) is 22.7. The Morgan fingerprint density at radius 3 is 2.21 bits per heavy atom. The summed E-state index contributed by atoms with van der Waals surface area (Å²) in [6, 6.07) is 21.3. The lowest BCUT2D eigenvalue weighted by atomic mass is 10.0. The molecule has 2 amide bonds. The predicted octanol–water partition coefficient (Wildman–Crippen LogP) is 4.07. The zero-order valence-electron chi connectivity index (χ0n) is 21.9. The van der Waals surface area contributed by atoms with E-state index in [2.05, 4.69) is 5.32 Å². The lowest BCUT2D eigenvalue weighted by molar-refractivity contribution is -0.140. The first kappa shape index (κ1) is 28.8. The molecule has 0 bridgehead atoms. The molecule has 0 unspecified atom stereocenters. The molecule has 0 heterocycles. The van der Waals surface area contributed by atoms with Crippen molar-refractivity contribution in [2.45, 2.75) is 39.3 Å². The Hall–Kier alpha value is -3.72. The van der Waals surface area contributed by atoms with Crippen LogP contribution >= 0.6 is 0 Å². The third-order valence-electron chi connectivity index (χ3n) is 6.22. The van der Waals surface area contributed by atoms with Crippen LogP contribution in [0.15, 0.2) is 78.9 Å². The van der Waals surface area contributed by atoms with E-state index in [0.29, 0.717) is 13.0 Å². The molecule has 3 aromatic rings. The average molecular weight is 540 g/mol. The smallest absolute Gasteiger partial charge is 0.244 e. The van der Waals surface area contributed by atoms with Gasteiger partial charge in [-0.05, 0) is 42.2 Å². The summed E-state index contributed by atoms with van der Waals surface area (Å²) in [6.07, 6.45) is 1.87. The molecule has 9 heteroatoms. The van der Waals surface area contributed by atoms with Crippen molar-refractivity contribution in [2.24, 2.45) is 0 Å². The highest BCUT2D eigenvalue weighted by atomic mass is 32.2. The van der Waals surface area contributed by atoms with Gasteiger partial charge in [-0.1, -0.05) is 73.7 Å². The first-order valence-corrected chi connectivity index (χ1v) is 14.3. The molecule has 202 valence electrons. The van der Waals surface area contributed by atoms with Crippen molar-refractivity contribution >= 4 is 27.5 Å². The van der Waals surface area contributed by atoms with Gasteiger partial charge >= 0.3 is 0 Å². The van der Waals surface area contributed by atoms with E-state index in [1.165, 1.54) is 23.1 Å². The largest absolute Gasteiger partial charge is 0.354 e. The van der Waals surface area contributed by atoms with Crippen LogP contribution in [0.1, 0.15) is 30.0 Å². The molecule has 0 saturated heterocycles. The number of sulfonamides is 1. The van der Waals surface area contributed by atoms with Gasteiger partial charge in [-0.3, -0.25) is 13.9 Å². The molecule has 0 spiro atoms. The molecule has 0 aromatic heterocycles. The number of hydrogen-bond acceptors (Lipinski definition) is 4. The molecular weight excluding hydrogens is 505 g/mol. The van der Waals surface area contributed by atoms with Gasteiger partial charge in [0.2, 0.25) is 21.8 Å². The SMILES string of the molecule is CCCNC(=O)[C@H](Cc1ccccc1)N(Cc1ccccc1C)C(=O)CN(c1ccccc1F)S(C)(=O)=O. The van der Waals surface area contributed by atoms with Gasteiger partial charge in [0, 0.05) is 19.5 Å². The second-order valence-electron chi connectivity index (χ2n) is 9.17. The fourth-order valence-corrected chi connectivity index (χ4v) is 4.99. The van der Waals surface area contributed by atoms with Gasteiger partial charge in [0.15, 0.2) is 0 Å². The van der Waals surface area contributed by atoms with E-state index in [-0.39, 0.29) is 24.6 Å². The van der Waals surface area contributed by atoms with Crippen LogP contribution in [0.4, 0.5) is 10.1 Å². The normalized spacial score (nSPS) is 12.0. The Bertz CT molecular complexity index is 1350. The maximum atomic E-state index is 14.6. The van der Waals surface area contributed by atoms with Crippen molar-refractivity contribution in [1.82, 2.24) is 10.2 Å². The standard InChI is InChI=1S/C29H34FN3O4S/c1-4-18-31-29(35)27(19-23-13-6-5-7-14-23)32(20-24-15-9-8-12-22(24)2)28(34)21-33(38(3,36)37)26-17-11-10-16-25(26)30/h5-17,27H,4,18-21H2,1-3H3,(H,31,35)/t27-/m0/s1. The predicted molar refractivity (Wildman–Crippen MR) is 148 cm³/mol. The number of hydrogen-bond donors (Lipinski definition) is 1. The number of para-hydroxylation sites is 1. The van der Waals surface area contributed by atoms with Gasteiger partial charge in [0.25, 0.3) is 0 Å². The summed E-state index contributed by atoms with van der Waals surface area (Å²) in [6.45, 7) is 3.70. The third kappa shape index (κ3) is 7.64. The summed E-state index contributed by atoms with van der Waals surface area (Å²) in [4.78, 5) is 28.8. The van der Waals surface area contributed by atoms with Crippen LogP contribution in [0.25, 0.3) is 0 Å². The minimum absolute atomic E-state index is 0.0808. The summed E-state index contributed by atoms with van der Waals surface area (Å²) >= 11 is 0. The molecule has 0 radical (unpaired) electrons. The summed E-state index contributed by atoms with van der Waals surface area (Å²) < 4.78 is 40.8. The molecule has 3 rings (SSSR count). The van der Waals surface area contributed by atoms with Crippen LogP contribution in [0.5, 0.6) is 0 Å².